The highest BCUT2D eigenvalue weighted by atomic mass is 16.5. The SMILES string of the molecule is CCc1ccc(-c2noc3c2CCCCC3)cc1. The van der Waals surface area contributed by atoms with Gasteiger partial charge in [-0.05, 0) is 31.2 Å². The molecule has 2 aromatic rings. The van der Waals surface area contributed by atoms with E-state index in [0.29, 0.717) is 0 Å². The highest BCUT2D eigenvalue weighted by Crippen LogP contribution is 2.30. The second-order valence-electron chi connectivity index (χ2n) is 5.04. The normalized spacial score (nSPS) is 15.2. The molecule has 0 saturated carbocycles. The number of hydrogen-bond donors (Lipinski definition) is 0. The molecule has 0 aliphatic heterocycles. The van der Waals surface area contributed by atoms with Gasteiger partial charge in [-0.15, -0.1) is 0 Å². The van der Waals surface area contributed by atoms with Gasteiger partial charge in [-0.1, -0.05) is 42.8 Å². The van der Waals surface area contributed by atoms with Crippen LogP contribution in [0.15, 0.2) is 28.8 Å². The summed E-state index contributed by atoms with van der Waals surface area (Å²) in [4.78, 5) is 0. The third kappa shape index (κ3) is 2.07. The van der Waals surface area contributed by atoms with Gasteiger partial charge in [0.2, 0.25) is 0 Å². The topological polar surface area (TPSA) is 26.0 Å². The first-order valence-electron chi connectivity index (χ1n) is 6.95. The van der Waals surface area contributed by atoms with E-state index in [-0.39, 0.29) is 0 Å². The van der Waals surface area contributed by atoms with Crippen molar-refractivity contribution < 1.29 is 4.52 Å². The summed E-state index contributed by atoms with van der Waals surface area (Å²) in [7, 11) is 0. The molecule has 94 valence electrons. The average molecular weight is 241 g/mol. The van der Waals surface area contributed by atoms with Gasteiger partial charge in [0.15, 0.2) is 0 Å². The molecule has 0 N–H and O–H groups in total. The fourth-order valence-corrected chi connectivity index (χ4v) is 2.69. The van der Waals surface area contributed by atoms with Gasteiger partial charge < -0.3 is 4.52 Å². The van der Waals surface area contributed by atoms with Crippen LogP contribution in [0.2, 0.25) is 0 Å². The molecule has 0 spiro atoms. The Morgan fingerprint density at radius 3 is 2.61 bits per heavy atom. The fourth-order valence-electron chi connectivity index (χ4n) is 2.69. The fraction of sp³-hybridized carbons (Fsp3) is 0.438. The second-order valence-corrected chi connectivity index (χ2v) is 5.04. The zero-order valence-electron chi connectivity index (χ0n) is 10.9. The molecule has 18 heavy (non-hydrogen) atoms. The Labute approximate surface area is 108 Å². The van der Waals surface area contributed by atoms with Gasteiger partial charge in [0.1, 0.15) is 11.5 Å². The molecular formula is C16H19NO. The molecule has 0 saturated heterocycles. The van der Waals surface area contributed by atoms with Crippen LogP contribution < -0.4 is 0 Å². The van der Waals surface area contributed by atoms with E-state index < -0.39 is 0 Å². The van der Waals surface area contributed by atoms with Crippen molar-refractivity contribution in [3.63, 3.8) is 0 Å². The number of benzene rings is 1. The third-order valence-electron chi connectivity index (χ3n) is 3.84. The maximum absolute atomic E-state index is 5.53. The molecule has 1 aliphatic carbocycles. The molecule has 2 nitrogen and oxygen atoms in total. The molecule has 0 radical (unpaired) electrons. The summed E-state index contributed by atoms with van der Waals surface area (Å²) in [5.74, 6) is 1.11. The minimum absolute atomic E-state index is 1.05. The van der Waals surface area contributed by atoms with E-state index in [1.54, 1.807) is 0 Å². The predicted octanol–water partition coefficient (Wildman–Crippen LogP) is 4.17. The van der Waals surface area contributed by atoms with Crippen LogP contribution in [0.4, 0.5) is 0 Å². The molecule has 3 rings (SSSR count). The largest absolute Gasteiger partial charge is 0.360 e. The third-order valence-corrected chi connectivity index (χ3v) is 3.84. The van der Waals surface area contributed by atoms with Crippen LogP contribution in [0.5, 0.6) is 0 Å². The van der Waals surface area contributed by atoms with E-state index >= 15 is 0 Å². The predicted molar refractivity (Wildman–Crippen MR) is 72.6 cm³/mol. The van der Waals surface area contributed by atoms with Gasteiger partial charge in [-0.25, -0.2) is 0 Å². The van der Waals surface area contributed by atoms with Gasteiger partial charge in [0.05, 0.1) is 0 Å². The van der Waals surface area contributed by atoms with Crippen LogP contribution in [-0.4, -0.2) is 5.16 Å². The summed E-state index contributed by atoms with van der Waals surface area (Å²) in [6.45, 7) is 2.18. The van der Waals surface area contributed by atoms with E-state index in [2.05, 4.69) is 36.3 Å². The molecule has 1 aromatic carbocycles. The lowest BCUT2D eigenvalue weighted by atomic mass is 10.0. The number of aryl methyl sites for hydroxylation is 2. The van der Waals surface area contributed by atoms with Crippen LogP contribution in [0.25, 0.3) is 11.3 Å². The quantitative estimate of drug-likeness (QED) is 0.737. The lowest BCUT2D eigenvalue weighted by Gasteiger charge is -2.02. The summed E-state index contributed by atoms with van der Waals surface area (Å²) in [6, 6.07) is 8.71. The van der Waals surface area contributed by atoms with Gasteiger partial charge in [0.25, 0.3) is 0 Å². The highest BCUT2D eigenvalue weighted by molar-refractivity contribution is 5.63. The molecule has 0 atom stereocenters. The summed E-state index contributed by atoms with van der Waals surface area (Å²) in [5.41, 5.74) is 4.97. The molecule has 0 unspecified atom stereocenters. The first-order chi connectivity index (χ1) is 8.88. The monoisotopic (exact) mass is 241 g/mol. The number of nitrogens with zero attached hydrogens (tertiary/aromatic N) is 1. The van der Waals surface area contributed by atoms with Gasteiger partial charge >= 0.3 is 0 Å². The molecule has 0 bridgehead atoms. The molecule has 1 heterocycles. The first kappa shape index (κ1) is 11.5. The van der Waals surface area contributed by atoms with Gasteiger partial charge in [0, 0.05) is 17.5 Å². The lowest BCUT2D eigenvalue weighted by molar-refractivity contribution is 0.382. The lowest BCUT2D eigenvalue weighted by Crippen LogP contribution is -1.89. The Morgan fingerprint density at radius 1 is 1.06 bits per heavy atom. The van der Waals surface area contributed by atoms with Crippen LogP contribution in [0, 0.1) is 0 Å². The summed E-state index contributed by atoms with van der Waals surface area (Å²) < 4.78 is 5.53. The van der Waals surface area contributed by atoms with Gasteiger partial charge in [-0.2, -0.15) is 0 Å². The van der Waals surface area contributed by atoms with Crippen molar-refractivity contribution in [2.75, 3.05) is 0 Å². The van der Waals surface area contributed by atoms with Crippen molar-refractivity contribution >= 4 is 0 Å². The van der Waals surface area contributed by atoms with Crippen LogP contribution in [0.3, 0.4) is 0 Å². The van der Waals surface area contributed by atoms with Crippen LogP contribution in [-0.2, 0) is 19.3 Å². The van der Waals surface area contributed by atoms with Crippen molar-refractivity contribution in [3.8, 4) is 11.3 Å². The molecule has 0 amide bonds. The minimum atomic E-state index is 1.05. The first-order valence-corrected chi connectivity index (χ1v) is 6.95. The van der Waals surface area contributed by atoms with Crippen molar-refractivity contribution in [1.82, 2.24) is 5.16 Å². The van der Waals surface area contributed by atoms with Crippen molar-refractivity contribution in [2.45, 2.75) is 45.4 Å². The average Bonchev–Trinajstić information content (AvgIpc) is 2.68. The Balaban J connectivity index is 1.98. The van der Waals surface area contributed by atoms with Crippen molar-refractivity contribution in [1.29, 1.82) is 0 Å². The zero-order chi connectivity index (χ0) is 12.4. The number of fused-ring (bicyclic) bond motifs is 1. The van der Waals surface area contributed by atoms with Crippen LogP contribution in [0.1, 0.15) is 43.1 Å². The van der Waals surface area contributed by atoms with Crippen LogP contribution >= 0.6 is 0 Å². The number of hydrogen-bond acceptors (Lipinski definition) is 2. The summed E-state index contributed by atoms with van der Waals surface area (Å²) in [5, 5.41) is 4.29. The molecule has 1 aromatic heterocycles. The smallest absolute Gasteiger partial charge is 0.140 e. The Kier molecular flexibility index (Phi) is 3.18. The molecule has 2 heteroatoms. The highest BCUT2D eigenvalue weighted by Gasteiger charge is 2.18. The summed E-state index contributed by atoms with van der Waals surface area (Å²) in [6.07, 6.45) is 7.04. The number of rotatable bonds is 2. The zero-order valence-corrected chi connectivity index (χ0v) is 10.9. The Hall–Kier alpha value is -1.57. The van der Waals surface area contributed by atoms with E-state index in [9.17, 15) is 0 Å². The van der Waals surface area contributed by atoms with Gasteiger partial charge in [-0.3, -0.25) is 0 Å². The minimum Gasteiger partial charge on any atom is -0.360 e. The second kappa shape index (κ2) is 4.97. The van der Waals surface area contributed by atoms with E-state index in [1.165, 1.54) is 36.0 Å². The standard InChI is InChI=1S/C16H19NO/c1-2-12-8-10-13(11-9-12)16-14-6-4-3-5-7-15(14)18-17-16/h8-11H,2-7H2,1H3. The number of aromatic nitrogens is 1. The maximum atomic E-state index is 5.53. The van der Waals surface area contributed by atoms with E-state index in [4.69, 9.17) is 4.52 Å². The van der Waals surface area contributed by atoms with Crippen molar-refractivity contribution in [3.05, 3.63) is 41.2 Å². The van der Waals surface area contributed by atoms with E-state index in [0.717, 1.165) is 30.7 Å². The molecule has 1 aliphatic rings. The van der Waals surface area contributed by atoms with E-state index in [1.807, 2.05) is 0 Å². The van der Waals surface area contributed by atoms with Crippen molar-refractivity contribution in [2.24, 2.45) is 0 Å². The molecular weight excluding hydrogens is 222 g/mol. The molecule has 0 fully saturated rings. The Bertz CT molecular complexity index is 525. The summed E-state index contributed by atoms with van der Waals surface area (Å²) >= 11 is 0. The Morgan fingerprint density at radius 2 is 1.83 bits per heavy atom. The maximum Gasteiger partial charge on any atom is 0.140 e.